The van der Waals surface area contributed by atoms with Gasteiger partial charge in [-0.05, 0) is 67.1 Å². The Hall–Kier alpha value is -3.88. The zero-order chi connectivity index (χ0) is 23.4. The number of carbonyl (C=O) groups excluding carboxylic acids is 1. The van der Waals surface area contributed by atoms with E-state index in [4.69, 9.17) is 4.74 Å². The van der Waals surface area contributed by atoms with Crippen molar-refractivity contribution < 1.29 is 22.7 Å². The summed E-state index contributed by atoms with van der Waals surface area (Å²) >= 11 is 0. The van der Waals surface area contributed by atoms with Crippen LogP contribution in [0.3, 0.4) is 0 Å². The molecule has 0 aliphatic carbocycles. The van der Waals surface area contributed by atoms with E-state index < -0.39 is 11.7 Å². The largest absolute Gasteiger partial charge is 0.494 e. The van der Waals surface area contributed by atoms with Crippen LogP contribution in [0.1, 0.15) is 35.7 Å². The number of fused-ring (bicyclic) bond motifs is 1. The molecular formula is C24H21F3N4O2. The molecule has 0 fully saturated rings. The van der Waals surface area contributed by atoms with E-state index in [0.717, 1.165) is 29.8 Å². The molecule has 33 heavy (non-hydrogen) atoms. The van der Waals surface area contributed by atoms with Gasteiger partial charge in [-0.2, -0.15) is 18.0 Å². The first-order valence-corrected chi connectivity index (χ1v) is 10.4. The summed E-state index contributed by atoms with van der Waals surface area (Å²) in [6, 6.07) is 16.5. The number of amides is 1. The maximum absolute atomic E-state index is 13.0. The Bertz CT molecular complexity index is 1270. The molecule has 0 saturated carbocycles. The van der Waals surface area contributed by atoms with Gasteiger partial charge in [-0.1, -0.05) is 19.4 Å². The minimum Gasteiger partial charge on any atom is -0.494 e. The average molecular weight is 454 g/mol. The number of rotatable bonds is 7. The highest BCUT2D eigenvalue weighted by Crippen LogP contribution is 2.30. The van der Waals surface area contributed by atoms with Crippen LogP contribution in [-0.4, -0.2) is 27.5 Å². The van der Waals surface area contributed by atoms with Crippen LogP contribution in [0.15, 0.2) is 66.7 Å². The normalized spacial score (nSPS) is 11.5. The van der Waals surface area contributed by atoms with Gasteiger partial charge in [0.1, 0.15) is 16.8 Å². The summed E-state index contributed by atoms with van der Waals surface area (Å²) in [7, 11) is 0. The summed E-state index contributed by atoms with van der Waals surface area (Å²) in [5, 5.41) is 11.3. The van der Waals surface area contributed by atoms with Gasteiger partial charge in [0, 0.05) is 11.3 Å². The van der Waals surface area contributed by atoms with Gasteiger partial charge in [0.05, 0.1) is 17.9 Å². The molecule has 0 aliphatic rings. The number of nitrogens with zero attached hydrogens (tertiary/aromatic N) is 3. The predicted molar refractivity (Wildman–Crippen MR) is 119 cm³/mol. The molecule has 1 N–H and O–H groups in total. The lowest BCUT2D eigenvalue weighted by Gasteiger charge is -2.07. The van der Waals surface area contributed by atoms with Gasteiger partial charge in [-0.15, -0.1) is 10.2 Å². The molecule has 0 spiro atoms. The van der Waals surface area contributed by atoms with Crippen LogP contribution in [0.4, 0.5) is 18.9 Å². The molecule has 4 rings (SSSR count). The Kier molecular flexibility index (Phi) is 6.30. The summed E-state index contributed by atoms with van der Waals surface area (Å²) in [5.74, 6) is 0.396. The number of nitrogens with one attached hydrogen (secondary N) is 1. The lowest BCUT2D eigenvalue weighted by Crippen LogP contribution is -2.11. The van der Waals surface area contributed by atoms with Gasteiger partial charge < -0.3 is 10.1 Å². The van der Waals surface area contributed by atoms with Crippen LogP contribution in [0.2, 0.25) is 0 Å². The number of alkyl halides is 3. The van der Waals surface area contributed by atoms with Gasteiger partial charge in [0.2, 0.25) is 0 Å². The Morgan fingerprint density at radius 3 is 2.48 bits per heavy atom. The van der Waals surface area contributed by atoms with Crippen molar-refractivity contribution in [1.29, 1.82) is 0 Å². The van der Waals surface area contributed by atoms with Crippen molar-refractivity contribution in [3.05, 3.63) is 77.9 Å². The topological polar surface area (TPSA) is 69.0 Å². The third-order valence-corrected chi connectivity index (χ3v) is 4.93. The zero-order valence-electron chi connectivity index (χ0n) is 17.8. The summed E-state index contributed by atoms with van der Waals surface area (Å²) in [6.07, 6.45) is -2.46. The van der Waals surface area contributed by atoms with Gasteiger partial charge in [-0.25, -0.2) is 0 Å². The Balaban J connectivity index is 1.49. The second-order valence-electron chi connectivity index (χ2n) is 7.42. The van der Waals surface area contributed by atoms with Gasteiger partial charge >= 0.3 is 6.18 Å². The molecule has 9 heteroatoms. The third-order valence-electron chi connectivity index (χ3n) is 4.93. The quantitative estimate of drug-likeness (QED) is 0.355. The van der Waals surface area contributed by atoms with E-state index in [1.807, 2.05) is 0 Å². The average Bonchev–Trinajstić information content (AvgIpc) is 3.23. The molecular weight excluding hydrogens is 433 g/mol. The van der Waals surface area contributed by atoms with Gasteiger partial charge in [0.15, 0.2) is 0 Å². The summed E-state index contributed by atoms with van der Waals surface area (Å²) in [5.41, 5.74) is 1.28. The predicted octanol–water partition coefficient (Wildman–Crippen LogP) is 5.87. The van der Waals surface area contributed by atoms with E-state index in [-0.39, 0.29) is 11.6 Å². The third kappa shape index (κ3) is 5.31. The van der Waals surface area contributed by atoms with Crippen LogP contribution in [0, 0.1) is 0 Å². The van der Waals surface area contributed by atoms with Crippen molar-refractivity contribution in [3.8, 4) is 11.4 Å². The molecule has 1 amide bonds. The lowest BCUT2D eigenvalue weighted by molar-refractivity contribution is -0.137. The summed E-state index contributed by atoms with van der Waals surface area (Å²) in [6.45, 7) is 2.71. The van der Waals surface area contributed by atoms with E-state index in [9.17, 15) is 18.0 Å². The smallest absolute Gasteiger partial charge is 0.416 e. The SMILES string of the molecule is CCCCOc1ccc(C(=O)Nc2ccc3nn(-c4cccc(C(F)(F)F)c4)nc3c2)cc1. The van der Waals surface area contributed by atoms with Crippen molar-refractivity contribution in [2.75, 3.05) is 11.9 Å². The molecule has 6 nitrogen and oxygen atoms in total. The number of ether oxygens (including phenoxy) is 1. The van der Waals surface area contributed by atoms with Gasteiger partial charge in [-0.3, -0.25) is 4.79 Å². The highest BCUT2D eigenvalue weighted by Gasteiger charge is 2.30. The molecule has 1 aromatic heterocycles. The van der Waals surface area contributed by atoms with Gasteiger partial charge in [0.25, 0.3) is 5.91 Å². The molecule has 0 saturated heterocycles. The number of unbranched alkanes of at least 4 members (excludes halogenated alkanes) is 1. The first-order valence-electron chi connectivity index (χ1n) is 10.4. The molecule has 4 aromatic rings. The first kappa shape index (κ1) is 22.3. The Morgan fingerprint density at radius 2 is 1.76 bits per heavy atom. The van der Waals surface area contributed by atoms with Crippen molar-refractivity contribution in [1.82, 2.24) is 15.0 Å². The van der Waals surface area contributed by atoms with Crippen molar-refractivity contribution >= 4 is 22.6 Å². The second kappa shape index (κ2) is 9.32. The van der Waals surface area contributed by atoms with E-state index in [1.165, 1.54) is 12.1 Å². The number of hydrogen-bond acceptors (Lipinski definition) is 4. The Labute approximate surface area is 188 Å². The first-order chi connectivity index (χ1) is 15.8. The molecule has 1 heterocycles. The molecule has 170 valence electrons. The van der Waals surface area contributed by atoms with Crippen LogP contribution < -0.4 is 10.1 Å². The minimum absolute atomic E-state index is 0.188. The van der Waals surface area contributed by atoms with E-state index in [1.54, 1.807) is 42.5 Å². The summed E-state index contributed by atoms with van der Waals surface area (Å²) in [4.78, 5) is 13.7. The fraction of sp³-hybridized carbons (Fsp3) is 0.208. The molecule has 0 bridgehead atoms. The standard InChI is InChI=1S/C24H21F3N4O2/c1-2-3-13-33-20-10-7-16(8-11-20)23(32)28-18-9-12-21-22(15-18)30-31(29-21)19-6-4-5-17(14-19)24(25,26)27/h4-12,14-15H,2-3,13H2,1H3,(H,28,32). The fourth-order valence-corrected chi connectivity index (χ4v) is 3.15. The summed E-state index contributed by atoms with van der Waals surface area (Å²) < 4.78 is 44.6. The number of benzene rings is 3. The molecule has 0 radical (unpaired) electrons. The Morgan fingerprint density at radius 1 is 1.00 bits per heavy atom. The van der Waals surface area contributed by atoms with Crippen molar-refractivity contribution in [3.63, 3.8) is 0 Å². The van der Waals surface area contributed by atoms with Crippen molar-refractivity contribution in [2.24, 2.45) is 0 Å². The number of anilines is 1. The zero-order valence-corrected chi connectivity index (χ0v) is 17.8. The van der Waals surface area contributed by atoms with Crippen LogP contribution in [-0.2, 0) is 6.18 Å². The van der Waals surface area contributed by atoms with Crippen molar-refractivity contribution in [2.45, 2.75) is 25.9 Å². The number of aromatic nitrogens is 3. The minimum atomic E-state index is -4.46. The highest BCUT2D eigenvalue weighted by atomic mass is 19.4. The number of hydrogen-bond donors (Lipinski definition) is 1. The van der Waals surface area contributed by atoms with Crippen LogP contribution in [0.5, 0.6) is 5.75 Å². The maximum Gasteiger partial charge on any atom is 0.416 e. The number of halogens is 3. The van der Waals surface area contributed by atoms with E-state index in [0.29, 0.717) is 34.6 Å². The number of carbonyl (C=O) groups is 1. The van der Waals surface area contributed by atoms with Crippen LogP contribution in [0.25, 0.3) is 16.7 Å². The molecule has 3 aromatic carbocycles. The van der Waals surface area contributed by atoms with E-state index in [2.05, 4.69) is 22.4 Å². The van der Waals surface area contributed by atoms with Crippen LogP contribution >= 0.6 is 0 Å². The fourth-order valence-electron chi connectivity index (χ4n) is 3.15. The lowest BCUT2D eigenvalue weighted by atomic mass is 10.2. The maximum atomic E-state index is 13.0. The van der Waals surface area contributed by atoms with E-state index >= 15 is 0 Å². The second-order valence-corrected chi connectivity index (χ2v) is 7.42. The molecule has 0 unspecified atom stereocenters. The molecule has 0 aliphatic heterocycles. The monoisotopic (exact) mass is 454 g/mol. The highest BCUT2D eigenvalue weighted by molar-refractivity contribution is 6.05. The molecule has 0 atom stereocenters.